The second-order valence-corrected chi connectivity index (χ2v) is 10.8. The van der Waals surface area contributed by atoms with Gasteiger partial charge in [0.1, 0.15) is 17.7 Å². The zero-order chi connectivity index (χ0) is 26.2. The monoisotopic (exact) mass is 518 g/mol. The van der Waals surface area contributed by atoms with Crippen LogP contribution >= 0.6 is 0 Å². The third-order valence-corrected chi connectivity index (χ3v) is 8.39. The molecule has 0 spiro atoms. The van der Waals surface area contributed by atoms with E-state index in [1.54, 1.807) is 23.1 Å². The lowest BCUT2D eigenvalue weighted by atomic mass is 9.96. The molecule has 0 radical (unpaired) electrons. The van der Waals surface area contributed by atoms with Crippen molar-refractivity contribution in [3.63, 3.8) is 0 Å². The largest absolute Gasteiger partial charge is 0.335 e. The normalized spacial score (nSPS) is 25.1. The molecule has 0 saturated carbocycles. The van der Waals surface area contributed by atoms with Gasteiger partial charge in [0.25, 0.3) is 0 Å². The molecule has 3 aromatic carbocycles. The number of hydrogen-bond acceptors (Lipinski definition) is 3. The van der Waals surface area contributed by atoms with Crippen LogP contribution in [-0.4, -0.2) is 52.5 Å². The number of carbonyl (C=O) groups excluding carboxylic acids is 2. The van der Waals surface area contributed by atoms with E-state index in [0.29, 0.717) is 25.0 Å². The SMILES string of the molecule is O=C(Nc1ccccc1F)[C@@H]1CCCN1C(=O)NC1C[C@H]2CC[C@@H](C1)N2Cc1ccc2cc(F)ccc2c1. The van der Waals surface area contributed by atoms with Gasteiger partial charge >= 0.3 is 6.03 Å². The average Bonchev–Trinajstić information content (AvgIpc) is 3.48. The van der Waals surface area contributed by atoms with E-state index >= 15 is 0 Å². The Labute approximate surface area is 221 Å². The number of rotatable bonds is 5. The Hall–Kier alpha value is -3.52. The van der Waals surface area contributed by atoms with Crippen molar-refractivity contribution in [2.24, 2.45) is 0 Å². The van der Waals surface area contributed by atoms with Gasteiger partial charge in [0.15, 0.2) is 0 Å². The van der Waals surface area contributed by atoms with Gasteiger partial charge in [0.2, 0.25) is 5.91 Å². The first kappa shape index (κ1) is 24.8. The van der Waals surface area contributed by atoms with E-state index in [0.717, 1.165) is 49.4 Å². The lowest BCUT2D eigenvalue weighted by molar-refractivity contribution is -0.119. The van der Waals surface area contributed by atoms with Crippen molar-refractivity contribution < 1.29 is 18.4 Å². The van der Waals surface area contributed by atoms with Crippen LogP contribution in [0.2, 0.25) is 0 Å². The quantitative estimate of drug-likeness (QED) is 0.474. The Morgan fingerprint density at radius 2 is 1.63 bits per heavy atom. The topological polar surface area (TPSA) is 64.7 Å². The summed E-state index contributed by atoms with van der Waals surface area (Å²) in [5.74, 6) is -1.07. The number of hydrogen-bond donors (Lipinski definition) is 2. The van der Waals surface area contributed by atoms with Gasteiger partial charge < -0.3 is 15.5 Å². The molecule has 3 fully saturated rings. The Balaban J connectivity index is 1.06. The van der Waals surface area contributed by atoms with Gasteiger partial charge in [-0.1, -0.05) is 30.3 Å². The Bertz CT molecular complexity index is 1350. The summed E-state index contributed by atoms with van der Waals surface area (Å²) >= 11 is 0. The maximum absolute atomic E-state index is 14.0. The molecule has 1 unspecified atom stereocenters. The minimum Gasteiger partial charge on any atom is -0.335 e. The minimum absolute atomic E-state index is 0.0618. The number of nitrogens with zero attached hydrogens (tertiary/aromatic N) is 2. The molecule has 6 nitrogen and oxygen atoms in total. The third-order valence-electron chi connectivity index (χ3n) is 8.39. The number of para-hydroxylation sites is 1. The van der Waals surface area contributed by atoms with Crippen LogP contribution in [0.5, 0.6) is 0 Å². The predicted molar refractivity (Wildman–Crippen MR) is 143 cm³/mol. The average molecular weight is 519 g/mol. The molecule has 4 atom stereocenters. The molecule has 3 amide bonds. The van der Waals surface area contributed by atoms with Gasteiger partial charge in [-0.2, -0.15) is 0 Å². The van der Waals surface area contributed by atoms with E-state index in [1.165, 1.54) is 23.8 Å². The van der Waals surface area contributed by atoms with Crippen molar-refractivity contribution in [1.82, 2.24) is 15.1 Å². The van der Waals surface area contributed by atoms with Crippen LogP contribution in [0, 0.1) is 11.6 Å². The molecule has 8 heteroatoms. The number of carbonyl (C=O) groups is 2. The second kappa shape index (κ2) is 10.3. The standard InChI is InChI=1S/C30H32F2N4O2/c31-22-10-9-20-14-19(7-8-21(20)15-22)18-36-24-11-12-25(36)17-23(16-24)33-30(38)35-13-3-6-28(35)29(37)34-27-5-2-1-4-26(27)32/h1-2,4-5,7-10,14-15,23-25,28H,3,6,11-13,16-18H2,(H,33,38)(H,34,37)/t23?,24-,25+,28-/m0/s1. The van der Waals surface area contributed by atoms with Crippen molar-refractivity contribution in [3.8, 4) is 0 Å². The van der Waals surface area contributed by atoms with Gasteiger partial charge in [0.05, 0.1) is 5.69 Å². The van der Waals surface area contributed by atoms with Crippen LogP contribution in [0.4, 0.5) is 19.3 Å². The molecule has 3 aliphatic heterocycles. The van der Waals surface area contributed by atoms with E-state index in [1.807, 2.05) is 12.1 Å². The molecule has 3 heterocycles. The fourth-order valence-corrected chi connectivity index (χ4v) is 6.54. The van der Waals surface area contributed by atoms with Gasteiger partial charge in [-0.05, 0) is 85.2 Å². The summed E-state index contributed by atoms with van der Waals surface area (Å²) in [6.45, 7) is 1.35. The van der Waals surface area contributed by atoms with Crippen LogP contribution in [0.1, 0.15) is 44.1 Å². The fourth-order valence-electron chi connectivity index (χ4n) is 6.54. The summed E-state index contributed by atoms with van der Waals surface area (Å²) in [4.78, 5) is 30.3. The number of anilines is 1. The maximum atomic E-state index is 14.0. The molecule has 3 saturated heterocycles. The highest BCUT2D eigenvalue weighted by Crippen LogP contribution is 2.37. The molecule has 2 N–H and O–H groups in total. The van der Waals surface area contributed by atoms with Crippen LogP contribution in [0.3, 0.4) is 0 Å². The molecule has 38 heavy (non-hydrogen) atoms. The van der Waals surface area contributed by atoms with Crippen molar-refractivity contribution in [2.45, 2.75) is 69.2 Å². The Kier molecular flexibility index (Phi) is 6.74. The zero-order valence-corrected chi connectivity index (χ0v) is 21.2. The number of likely N-dealkylation sites (tertiary alicyclic amines) is 1. The maximum Gasteiger partial charge on any atom is 0.318 e. The molecular formula is C30H32F2N4O2. The first-order chi connectivity index (χ1) is 18.4. The lowest BCUT2D eigenvalue weighted by Gasteiger charge is -2.40. The van der Waals surface area contributed by atoms with E-state index in [9.17, 15) is 18.4 Å². The fraction of sp³-hybridized carbons (Fsp3) is 0.400. The summed E-state index contributed by atoms with van der Waals surface area (Å²) in [6, 6.07) is 17.2. The van der Waals surface area contributed by atoms with Crippen LogP contribution in [-0.2, 0) is 11.3 Å². The van der Waals surface area contributed by atoms with E-state index < -0.39 is 11.9 Å². The zero-order valence-electron chi connectivity index (χ0n) is 21.2. The number of piperidine rings is 1. The van der Waals surface area contributed by atoms with Gasteiger partial charge in [0, 0.05) is 31.2 Å². The summed E-state index contributed by atoms with van der Waals surface area (Å²) in [6.07, 6.45) is 5.27. The first-order valence-electron chi connectivity index (χ1n) is 13.5. The molecular weight excluding hydrogens is 486 g/mol. The molecule has 0 aromatic heterocycles. The highest BCUT2D eigenvalue weighted by Gasteiger charge is 2.42. The summed E-state index contributed by atoms with van der Waals surface area (Å²) in [5.41, 5.74) is 1.34. The number of fused-ring (bicyclic) bond motifs is 3. The number of urea groups is 1. The van der Waals surface area contributed by atoms with Gasteiger partial charge in [-0.15, -0.1) is 0 Å². The van der Waals surface area contributed by atoms with E-state index in [4.69, 9.17) is 0 Å². The number of halogens is 2. The second-order valence-electron chi connectivity index (χ2n) is 10.8. The number of benzene rings is 3. The summed E-state index contributed by atoms with van der Waals surface area (Å²) in [5, 5.41) is 7.80. The molecule has 6 rings (SSSR count). The summed E-state index contributed by atoms with van der Waals surface area (Å²) < 4.78 is 27.5. The molecule has 0 aliphatic carbocycles. The Morgan fingerprint density at radius 1 is 0.895 bits per heavy atom. The highest BCUT2D eigenvalue weighted by atomic mass is 19.1. The lowest BCUT2D eigenvalue weighted by Crippen LogP contribution is -2.54. The van der Waals surface area contributed by atoms with Crippen molar-refractivity contribution >= 4 is 28.4 Å². The van der Waals surface area contributed by atoms with E-state index in [-0.39, 0.29) is 29.5 Å². The minimum atomic E-state index is -0.604. The highest BCUT2D eigenvalue weighted by molar-refractivity contribution is 5.97. The number of nitrogens with one attached hydrogen (secondary N) is 2. The molecule has 3 aromatic rings. The van der Waals surface area contributed by atoms with Crippen LogP contribution in [0.15, 0.2) is 60.7 Å². The van der Waals surface area contributed by atoms with Gasteiger partial charge in [-0.25, -0.2) is 13.6 Å². The van der Waals surface area contributed by atoms with Crippen LogP contribution in [0.25, 0.3) is 10.8 Å². The molecule has 198 valence electrons. The third kappa shape index (κ3) is 4.97. The van der Waals surface area contributed by atoms with Crippen molar-refractivity contribution in [1.29, 1.82) is 0 Å². The molecule has 3 aliphatic rings. The summed E-state index contributed by atoms with van der Waals surface area (Å²) in [7, 11) is 0. The number of amides is 3. The van der Waals surface area contributed by atoms with Crippen molar-refractivity contribution in [2.75, 3.05) is 11.9 Å². The van der Waals surface area contributed by atoms with E-state index in [2.05, 4.69) is 27.7 Å². The Morgan fingerprint density at radius 3 is 2.42 bits per heavy atom. The molecule has 2 bridgehead atoms. The smallest absolute Gasteiger partial charge is 0.318 e. The van der Waals surface area contributed by atoms with Gasteiger partial charge in [-0.3, -0.25) is 9.69 Å². The van der Waals surface area contributed by atoms with Crippen LogP contribution < -0.4 is 10.6 Å². The van der Waals surface area contributed by atoms with Crippen molar-refractivity contribution in [3.05, 3.63) is 77.9 Å². The predicted octanol–water partition coefficient (Wildman–Crippen LogP) is 5.43. The first-order valence-corrected chi connectivity index (χ1v) is 13.5.